The molecule has 0 aromatic heterocycles. The zero-order valence-corrected chi connectivity index (χ0v) is 6.32. The van der Waals surface area contributed by atoms with Crippen molar-refractivity contribution >= 4 is 11.8 Å². The quantitative estimate of drug-likeness (QED) is 0.605. The van der Waals surface area contributed by atoms with Crippen molar-refractivity contribution in [1.82, 2.24) is 0 Å². The summed E-state index contributed by atoms with van der Waals surface area (Å²) >= 11 is 2.04. The molecule has 1 atom stereocenters. The first-order valence-corrected chi connectivity index (χ1v) is 4.48. The predicted molar refractivity (Wildman–Crippen MR) is 40.2 cm³/mol. The van der Waals surface area contributed by atoms with Gasteiger partial charge in [-0.15, -0.1) is 0 Å². The highest BCUT2D eigenvalue weighted by Gasteiger charge is 2.14. The first-order valence-electron chi connectivity index (χ1n) is 3.33. The molecule has 3 heteroatoms. The first-order chi connectivity index (χ1) is 4.43. The van der Waals surface area contributed by atoms with E-state index < -0.39 is 0 Å². The number of rotatable bonds is 3. The molecule has 0 bridgehead atoms. The summed E-state index contributed by atoms with van der Waals surface area (Å²) in [7, 11) is 0. The van der Waals surface area contributed by atoms with E-state index in [4.69, 9.17) is 5.90 Å². The highest BCUT2D eigenvalue weighted by molar-refractivity contribution is 7.99. The van der Waals surface area contributed by atoms with Crippen molar-refractivity contribution in [2.24, 2.45) is 11.8 Å². The second-order valence-electron chi connectivity index (χ2n) is 2.39. The zero-order chi connectivity index (χ0) is 6.53. The molecule has 1 aliphatic rings. The molecule has 1 heterocycles. The van der Waals surface area contributed by atoms with Gasteiger partial charge >= 0.3 is 0 Å². The maximum atomic E-state index is 4.90. The Labute approximate surface area is 60.1 Å². The molecule has 2 N–H and O–H groups in total. The molecule has 1 saturated heterocycles. The van der Waals surface area contributed by atoms with Gasteiger partial charge in [0.15, 0.2) is 0 Å². The number of nitrogens with two attached hydrogens (primary N) is 1. The van der Waals surface area contributed by atoms with Crippen molar-refractivity contribution in [3.8, 4) is 0 Å². The van der Waals surface area contributed by atoms with Crippen molar-refractivity contribution in [1.29, 1.82) is 0 Å². The van der Waals surface area contributed by atoms with Crippen LogP contribution in [0.25, 0.3) is 0 Å². The summed E-state index contributed by atoms with van der Waals surface area (Å²) in [6, 6.07) is 0. The minimum atomic E-state index is 0.727. The fourth-order valence-electron chi connectivity index (χ4n) is 1.05. The van der Waals surface area contributed by atoms with E-state index in [0.717, 1.165) is 18.9 Å². The van der Waals surface area contributed by atoms with Crippen LogP contribution in [0.2, 0.25) is 0 Å². The molecule has 0 aromatic rings. The standard InChI is InChI=1S/C6H13NOS/c7-8-3-1-6-2-4-9-5-6/h6H,1-5,7H2. The Morgan fingerprint density at radius 3 is 3.11 bits per heavy atom. The Hall–Kier alpha value is 0.270. The second-order valence-corrected chi connectivity index (χ2v) is 3.54. The first kappa shape index (κ1) is 7.38. The third kappa shape index (κ3) is 2.56. The summed E-state index contributed by atoms with van der Waals surface area (Å²) in [5.41, 5.74) is 0. The summed E-state index contributed by atoms with van der Waals surface area (Å²) in [5.74, 6) is 8.41. The van der Waals surface area contributed by atoms with E-state index >= 15 is 0 Å². The van der Waals surface area contributed by atoms with Crippen LogP contribution < -0.4 is 5.90 Å². The Morgan fingerprint density at radius 2 is 2.56 bits per heavy atom. The Morgan fingerprint density at radius 1 is 1.67 bits per heavy atom. The van der Waals surface area contributed by atoms with Gasteiger partial charge in [0, 0.05) is 0 Å². The number of hydrogen-bond acceptors (Lipinski definition) is 3. The molecule has 1 unspecified atom stereocenters. The molecule has 9 heavy (non-hydrogen) atoms. The maximum absolute atomic E-state index is 4.90. The molecular weight excluding hydrogens is 134 g/mol. The smallest absolute Gasteiger partial charge is 0.0682 e. The lowest BCUT2D eigenvalue weighted by atomic mass is 10.1. The van der Waals surface area contributed by atoms with Crippen molar-refractivity contribution in [2.75, 3.05) is 18.1 Å². The molecule has 1 rings (SSSR count). The molecule has 0 saturated carbocycles. The summed E-state index contributed by atoms with van der Waals surface area (Å²) in [6.07, 6.45) is 2.50. The molecular formula is C6H13NOS. The Bertz CT molecular complexity index is 73.5. The van der Waals surface area contributed by atoms with Crippen LogP contribution in [0.3, 0.4) is 0 Å². The molecule has 0 aliphatic carbocycles. The van der Waals surface area contributed by atoms with Crippen LogP contribution in [-0.2, 0) is 4.84 Å². The van der Waals surface area contributed by atoms with E-state index in [0.29, 0.717) is 0 Å². The summed E-state index contributed by atoms with van der Waals surface area (Å²) in [6.45, 7) is 0.727. The SMILES string of the molecule is NOCCC1CCSC1. The predicted octanol–water partition coefficient (Wildman–Crippen LogP) is 1.02. The van der Waals surface area contributed by atoms with Gasteiger partial charge in [-0.25, -0.2) is 5.90 Å². The fourth-order valence-corrected chi connectivity index (χ4v) is 2.38. The fraction of sp³-hybridized carbons (Fsp3) is 1.00. The van der Waals surface area contributed by atoms with Gasteiger partial charge < -0.3 is 4.84 Å². The summed E-state index contributed by atoms with van der Waals surface area (Å²) in [5, 5.41) is 0. The summed E-state index contributed by atoms with van der Waals surface area (Å²) in [4.78, 5) is 4.49. The lowest BCUT2D eigenvalue weighted by Gasteiger charge is -2.04. The van der Waals surface area contributed by atoms with Gasteiger partial charge in [0.2, 0.25) is 0 Å². The lowest BCUT2D eigenvalue weighted by Crippen LogP contribution is -2.07. The second kappa shape index (κ2) is 4.14. The summed E-state index contributed by atoms with van der Waals surface area (Å²) < 4.78 is 0. The topological polar surface area (TPSA) is 35.2 Å². The molecule has 1 aliphatic heterocycles. The van der Waals surface area contributed by atoms with E-state index in [1.54, 1.807) is 0 Å². The molecule has 2 nitrogen and oxygen atoms in total. The molecule has 0 radical (unpaired) electrons. The van der Waals surface area contributed by atoms with Crippen LogP contribution in [0.5, 0.6) is 0 Å². The third-order valence-corrected chi connectivity index (χ3v) is 2.90. The lowest BCUT2D eigenvalue weighted by molar-refractivity contribution is 0.125. The highest BCUT2D eigenvalue weighted by atomic mass is 32.2. The van der Waals surface area contributed by atoms with Gasteiger partial charge in [-0.05, 0) is 30.3 Å². The molecule has 0 spiro atoms. The average molecular weight is 147 g/mol. The molecule has 0 amide bonds. The minimum Gasteiger partial charge on any atom is -0.305 e. The van der Waals surface area contributed by atoms with Gasteiger partial charge in [0.1, 0.15) is 0 Å². The van der Waals surface area contributed by atoms with E-state index in [2.05, 4.69) is 4.84 Å². The zero-order valence-electron chi connectivity index (χ0n) is 5.51. The van der Waals surface area contributed by atoms with Crippen molar-refractivity contribution in [2.45, 2.75) is 12.8 Å². The van der Waals surface area contributed by atoms with Crippen LogP contribution in [0.4, 0.5) is 0 Å². The normalized spacial score (nSPS) is 27.0. The molecule has 1 fully saturated rings. The van der Waals surface area contributed by atoms with Gasteiger partial charge in [0.25, 0.3) is 0 Å². The third-order valence-electron chi connectivity index (χ3n) is 1.67. The van der Waals surface area contributed by atoms with Crippen molar-refractivity contribution < 1.29 is 4.84 Å². The molecule has 54 valence electrons. The van der Waals surface area contributed by atoms with Crippen molar-refractivity contribution in [3.63, 3.8) is 0 Å². The van der Waals surface area contributed by atoms with Crippen LogP contribution >= 0.6 is 11.8 Å². The van der Waals surface area contributed by atoms with E-state index in [1.165, 1.54) is 17.9 Å². The van der Waals surface area contributed by atoms with E-state index in [-0.39, 0.29) is 0 Å². The maximum Gasteiger partial charge on any atom is 0.0682 e. The van der Waals surface area contributed by atoms with Crippen molar-refractivity contribution in [3.05, 3.63) is 0 Å². The highest BCUT2D eigenvalue weighted by Crippen LogP contribution is 2.25. The van der Waals surface area contributed by atoms with Gasteiger partial charge in [-0.1, -0.05) is 0 Å². The monoisotopic (exact) mass is 147 g/mol. The van der Waals surface area contributed by atoms with Crippen LogP contribution in [-0.4, -0.2) is 18.1 Å². The van der Waals surface area contributed by atoms with Gasteiger partial charge in [-0.3, -0.25) is 0 Å². The minimum absolute atomic E-state index is 0.727. The van der Waals surface area contributed by atoms with E-state index in [1.807, 2.05) is 11.8 Å². The van der Waals surface area contributed by atoms with Crippen LogP contribution in [0.15, 0.2) is 0 Å². The van der Waals surface area contributed by atoms with Gasteiger partial charge in [-0.2, -0.15) is 11.8 Å². The average Bonchev–Trinajstić information content (AvgIpc) is 2.34. The Kier molecular flexibility index (Phi) is 3.40. The Balaban J connectivity index is 1.98. The van der Waals surface area contributed by atoms with Crippen LogP contribution in [0, 0.1) is 5.92 Å². The van der Waals surface area contributed by atoms with Crippen LogP contribution in [0.1, 0.15) is 12.8 Å². The largest absolute Gasteiger partial charge is 0.305 e. The number of hydrogen-bond donors (Lipinski definition) is 1. The molecule has 0 aromatic carbocycles. The van der Waals surface area contributed by atoms with E-state index in [9.17, 15) is 0 Å². The number of thioether (sulfide) groups is 1. The van der Waals surface area contributed by atoms with Gasteiger partial charge in [0.05, 0.1) is 6.61 Å².